The van der Waals surface area contributed by atoms with E-state index in [1.165, 1.54) is 5.56 Å². The lowest BCUT2D eigenvalue weighted by molar-refractivity contribution is -0.111. The number of fused-ring (bicyclic) bond motifs is 1. The number of anilines is 1. The van der Waals surface area contributed by atoms with Gasteiger partial charge in [0.15, 0.2) is 0 Å². The van der Waals surface area contributed by atoms with E-state index in [1.54, 1.807) is 19.4 Å². The van der Waals surface area contributed by atoms with Crippen LogP contribution >= 0.6 is 11.6 Å². The number of unbranched alkanes of at least 4 members (excludes halogenated alkanes) is 1. The molecule has 0 fully saturated rings. The zero-order chi connectivity index (χ0) is 24.1. The highest BCUT2D eigenvalue weighted by Crippen LogP contribution is 2.37. The molecule has 0 aliphatic heterocycles. The molecule has 0 atom stereocenters. The molecule has 0 saturated heterocycles. The molecule has 174 valence electrons. The summed E-state index contributed by atoms with van der Waals surface area (Å²) in [6.45, 7) is 4.08. The van der Waals surface area contributed by atoms with E-state index in [-0.39, 0.29) is 5.91 Å². The van der Waals surface area contributed by atoms with Crippen molar-refractivity contribution in [1.29, 1.82) is 0 Å². The van der Waals surface area contributed by atoms with E-state index in [9.17, 15) is 4.79 Å². The maximum Gasteiger partial charge on any atom is 0.248 e. The molecule has 3 aromatic carbocycles. The minimum absolute atomic E-state index is 0.189. The topological polar surface area (TPSA) is 51.5 Å². The summed E-state index contributed by atoms with van der Waals surface area (Å²) in [5.41, 5.74) is 6.34. The lowest BCUT2D eigenvalue weighted by Crippen LogP contribution is -2.08. The molecule has 1 heterocycles. The molecule has 0 bridgehead atoms. The van der Waals surface area contributed by atoms with Gasteiger partial charge >= 0.3 is 0 Å². The van der Waals surface area contributed by atoms with E-state index in [4.69, 9.17) is 20.8 Å². The predicted octanol–water partition coefficient (Wildman–Crippen LogP) is 8.15. The number of amides is 1. The average Bonchev–Trinajstić information content (AvgIpc) is 3.26. The molecule has 4 rings (SSSR count). The summed E-state index contributed by atoms with van der Waals surface area (Å²) in [6.07, 6.45) is 6.70. The number of benzene rings is 3. The normalized spacial score (nSPS) is 11.6. The largest absolute Gasteiger partial charge is 0.496 e. The van der Waals surface area contributed by atoms with E-state index in [0.29, 0.717) is 16.4 Å². The first-order valence-electron chi connectivity index (χ1n) is 11.4. The Hall–Kier alpha value is -3.50. The van der Waals surface area contributed by atoms with Gasteiger partial charge in [-0.3, -0.25) is 4.79 Å². The molecule has 0 spiro atoms. The first-order valence-corrected chi connectivity index (χ1v) is 11.8. The molecular weight excluding hydrogens is 446 g/mol. The lowest BCUT2D eigenvalue weighted by atomic mass is 9.99. The number of allylic oxidation sites excluding steroid dienone is 1. The highest BCUT2D eigenvalue weighted by molar-refractivity contribution is 6.30. The predicted molar refractivity (Wildman–Crippen MR) is 141 cm³/mol. The third-order valence-electron chi connectivity index (χ3n) is 5.86. The zero-order valence-electron chi connectivity index (χ0n) is 19.7. The number of halogens is 1. The van der Waals surface area contributed by atoms with E-state index >= 15 is 0 Å². The Morgan fingerprint density at radius 2 is 1.82 bits per heavy atom. The molecule has 1 amide bonds. The number of carbonyl (C=O) groups is 1. The second-order valence-corrected chi connectivity index (χ2v) is 8.76. The van der Waals surface area contributed by atoms with E-state index in [2.05, 4.69) is 24.4 Å². The monoisotopic (exact) mass is 473 g/mol. The summed E-state index contributed by atoms with van der Waals surface area (Å²) in [5.74, 6) is 0.456. The van der Waals surface area contributed by atoms with Crippen LogP contribution in [0, 0.1) is 0 Å². The van der Waals surface area contributed by atoms with Crippen LogP contribution in [0.4, 0.5) is 5.69 Å². The molecule has 1 aromatic heterocycles. The molecule has 4 nitrogen and oxygen atoms in total. The van der Waals surface area contributed by atoms with Gasteiger partial charge in [-0.05, 0) is 66.8 Å². The van der Waals surface area contributed by atoms with Gasteiger partial charge in [-0.1, -0.05) is 49.2 Å². The molecule has 5 heteroatoms. The van der Waals surface area contributed by atoms with Crippen LogP contribution in [0.1, 0.15) is 37.8 Å². The Morgan fingerprint density at radius 1 is 1.09 bits per heavy atom. The minimum atomic E-state index is -0.189. The molecular formula is C29H28ClNO3. The average molecular weight is 474 g/mol. The van der Waals surface area contributed by atoms with Gasteiger partial charge in [0, 0.05) is 39.4 Å². The second kappa shape index (κ2) is 10.6. The lowest BCUT2D eigenvalue weighted by Gasteiger charge is -2.10. The number of methoxy groups -OCH3 is 1. The molecule has 0 aliphatic carbocycles. The van der Waals surface area contributed by atoms with Gasteiger partial charge in [0.05, 0.1) is 13.4 Å². The fourth-order valence-electron chi connectivity index (χ4n) is 3.97. The van der Waals surface area contributed by atoms with Crippen molar-refractivity contribution in [1.82, 2.24) is 0 Å². The number of aryl methyl sites for hydroxylation is 1. The van der Waals surface area contributed by atoms with Crippen molar-refractivity contribution in [3.63, 3.8) is 0 Å². The van der Waals surface area contributed by atoms with Gasteiger partial charge in [-0.2, -0.15) is 0 Å². The highest BCUT2D eigenvalue weighted by Gasteiger charge is 2.15. The van der Waals surface area contributed by atoms with Crippen LogP contribution in [0.5, 0.6) is 5.75 Å². The molecule has 0 aliphatic rings. The zero-order valence-corrected chi connectivity index (χ0v) is 20.4. The van der Waals surface area contributed by atoms with Crippen LogP contribution in [0.25, 0.3) is 27.7 Å². The third kappa shape index (κ3) is 5.35. The van der Waals surface area contributed by atoms with Gasteiger partial charge in [0.1, 0.15) is 11.3 Å². The van der Waals surface area contributed by atoms with Crippen LogP contribution in [0.15, 0.2) is 77.4 Å². The summed E-state index contributed by atoms with van der Waals surface area (Å²) in [7, 11) is 1.61. The standard InChI is InChI=1S/C29H28ClNO3/c1-4-5-6-20-7-13-23(14-8-20)31-29(32)15-19(2)24-16-25-26(21-9-11-22(30)12-10-21)18-34-28(25)17-27(24)33-3/h7-18H,4-6H2,1-3H3,(H,31,32)/b19-15+. The van der Waals surface area contributed by atoms with Gasteiger partial charge in [0.25, 0.3) is 0 Å². The Labute approximate surface area is 205 Å². The number of ether oxygens (including phenoxy) is 1. The van der Waals surface area contributed by atoms with Crippen LogP contribution in [0.3, 0.4) is 0 Å². The maximum atomic E-state index is 12.7. The van der Waals surface area contributed by atoms with Crippen molar-refractivity contribution in [2.45, 2.75) is 33.1 Å². The molecule has 0 saturated carbocycles. The first-order chi connectivity index (χ1) is 16.5. The summed E-state index contributed by atoms with van der Waals surface area (Å²) >= 11 is 6.05. The summed E-state index contributed by atoms with van der Waals surface area (Å²) in [6, 6.07) is 19.5. The van der Waals surface area contributed by atoms with Crippen LogP contribution in [-0.2, 0) is 11.2 Å². The summed E-state index contributed by atoms with van der Waals surface area (Å²) < 4.78 is 11.4. The Morgan fingerprint density at radius 3 is 2.50 bits per heavy atom. The first kappa shape index (κ1) is 23.7. The molecule has 34 heavy (non-hydrogen) atoms. The van der Waals surface area contributed by atoms with Crippen LogP contribution < -0.4 is 10.1 Å². The van der Waals surface area contributed by atoms with Crippen molar-refractivity contribution in [2.75, 3.05) is 12.4 Å². The fraction of sp³-hybridized carbons (Fsp3) is 0.207. The van der Waals surface area contributed by atoms with E-state index < -0.39 is 0 Å². The highest BCUT2D eigenvalue weighted by atomic mass is 35.5. The van der Waals surface area contributed by atoms with Gasteiger partial charge in [0.2, 0.25) is 5.91 Å². The number of nitrogens with one attached hydrogen (secondary N) is 1. The molecule has 1 N–H and O–H groups in total. The number of furan rings is 1. The Balaban J connectivity index is 1.60. The van der Waals surface area contributed by atoms with Crippen LogP contribution in [0.2, 0.25) is 5.02 Å². The van der Waals surface area contributed by atoms with E-state index in [0.717, 1.165) is 52.6 Å². The van der Waals surface area contributed by atoms with Gasteiger partial charge in [-0.25, -0.2) is 0 Å². The Kier molecular flexibility index (Phi) is 7.39. The SMILES string of the molecule is CCCCc1ccc(NC(=O)/C=C(\C)c2cc3c(-c4ccc(Cl)cc4)coc3cc2OC)cc1. The number of hydrogen-bond acceptors (Lipinski definition) is 3. The van der Waals surface area contributed by atoms with E-state index in [1.807, 2.05) is 55.5 Å². The number of rotatable bonds is 8. The summed E-state index contributed by atoms with van der Waals surface area (Å²) in [4.78, 5) is 12.7. The quantitative estimate of drug-likeness (QED) is 0.263. The van der Waals surface area contributed by atoms with Crippen LogP contribution in [-0.4, -0.2) is 13.0 Å². The van der Waals surface area contributed by atoms with Gasteiger partial charge in [-0.15, -0.1) is 0 Å². The van der Waals surface area contributed by atoms with Crippen molar-refractivity contribution < 1.29 is 13.9 Å². The number of carbonyl (C=O) groups excluding carboxylic acids is 1. The molecule has 4 aromatic rings. The van der Waals surface area contributed by atoms with Crippen molar-refractivity contribution in [2.24, 2.45) is 0 Å². The van der Waals surface area contributed by atoms with Crippen molar-refractivity contribution in [3.8, 4) is 16.9 Å². The number of hydrogen-bond donors (Lipinski definition) is 1. The van der Waals surface area contributed by atoms with Gasteiger partial charge < -0.3 is 14.5 Å². The summed E-state index contributed by atoms with van der Waals surface area (Å²) in [5, 5.41) is 4.57. The molecule has 0 unspecified atom stereocenters. The van der Waals surface area contributed by atoms with Crippen molar-refractivity contribution >= 4 is 39.7 Å². The minimum Gasteiger partial charge on any atom is -0.496 e. The van der Waals surface area contributed by atoms with Crippen molar-refractivity contribution in [3.05, 3.63) is 89.2 Å². The second-order valence-electron chi connectivity index (χ2n) is 8.32. The third-order valence-corrected chi connectivity index (χ3v) is 6.12. The maximum absolute atomic E-state index is 12.7. The fourth-order valence-corrected chi connectivity index (χ4v) is 4.10. The molecule has 0 radical (unpaired) electrons. The smallest absolute Gasteiger partial charge is 0.248 e. The Bertz CT molecular complexity index is 1320.